The Bertz CT molecular complexity index is 859. The second-order valence-electron chi connectivity index (χ2n) is 7.01. The molecule has 0 spiro atoms. The van der Waals surface area contributed by atoms with Crippen molar-refractivity contribution in [2.24, 2.45) is 0 Å². The Kier molecular flexibility index (Phi) is 9.74. The lowest BCUT2D eigenvalue weighted by atomic mass is 10.1. The first-order valence-corrected chi connectivity index (χ1v) is 13.5. The van der Waals surface area contributed by atoms with Gasteiger partial charge in [0.2, 0.25) is 15.9 Å². The predicted octanol–water partition coefficient (Wildman–Crippen LogP) is 2.78. The summed E-state index contributed by atoms with van der Waals surface area (Å²) in [6.07, 6.45) is 3.47. The lowest BCUT2D eigenvalue weighted by Crippen LogP contribution is -2.53. The molecular weight excluding hydrogens is 469 g/mol. The number of thioether (sulfide) groups is 1. The zero-order valence-electron chi connectivity index (χ0n) is 17.0. The summed E-state index contributed by atoms with van der Waals surface area (Å²) in [5.74, 6) is 0.0426. The molecule has 1 saturated heterocycles. The van der Waals surface area contributed by atoms with Crippen molar-refractivity contribution in [1.29, 1.82) is 0 Å². The normalized spacial score (nSPS) is 16.8. The van der Waals surface area contributed by atoms with Gasteiger partial charge in [-0.15, -0.1) is 0 Å². The Morgan fingerprint density at radius 3 is 2.50 bits per heavy atom. The molecule has 0 bridgehead atoms. The van der Waals surface area contributed by atoms with Crippen LogP contribution < -0.4 is 10.6 Å². The molecule has 1 atom stereocenters. The molecule has 0 radical (unpaired) electrons. The molecule has 2 amide bonds. The molecule has 1 fully saturated rings. The van der Waals surface area contributed by atoms with E-state index in [1.165, 1.54) is 16.4 Å². The third kappa shape index (κ3) is 7.02. The van der Waals surface area contributed by atoms with Crippen molar-refractivity contribution in [2.45, 2.75) is 38.3 Å². The minimum absolute atomic E-state index is 0.0695. The van der Waals surface area contributed by atoms with Gasteiger partial charge in [0.05, 0.1) is 16.3 Å². The number of amides is 2. The van der Waals surface area contributed by atoms with Gasteiger partial charge in [0.25, 0.3) is 5.91 Å². The molecule has 2 rings (SSSR count). The second-order valence-corrected chi connectivity index (χ2v) is 11.1. The van der Waals surface area contributed by atoms with Gasteiger partial charge in [0.1, 0.15) is 6.04 Å². The lowest BCUT2D eigenvalue weighted by molar-refractivity contribution is -0.124. The zero-order valence-corrected chi connectivity index (χ0v) is 20.1. The predicted molar refractivity (Wildman–Crippen MR) is 123 cm³/mol. The summed E-state index contributed by atoms with van der Waals surface area (Å²) in [6, 6.07) is 3.72. The summed E-state index contributed by atoms with van der Waals surface area (Å²) in [6.45, 7) is 2.38. The second kappa shape index (κ2) is 11.6. The van der Waals surface area contributed by atoms with E-state index in [9.17, 15) is 18.0 Å². The van der Waals surface area contributed by atoms with Gasteiger partial charge in [-0.1, -0.05) is 23.2 Å². The van der Waals surface area contributed by atoms with Gasteiger partial charge in [-0.3, -0.25) is 9.59 Å². The maximum Gasteiger partial charge on any atom is 0.253 e. The molecule has 1 aromatic rings. The third-order valence-electron chi connectivity index (χ3n) is 4.97. The van der Waals surface area contributed by atoms with E-state index in [1.807, 2.05) is 6.26 Å². The number of hydrogen-bond acceptors (Lipinski definition) is 5. The van der Waals surface area contributed by atoms with Gasteiger partial charge < -0.3 is 10.6 Å². The van der Waals surface area contributed by atoms with E-state index in [2.05, 4.69) is 10.6 Å². The maximum absolute atomic E-state index is 12.8. The van der Waals surface area contributed by atoms with Crippen LogP contribution in [-0.4, -0.2) is 67.5 Å². The average Bonchev–Trinajstić information content (AvgIpc) is 2.71. The highest BCUT2D eigenvalue weighted by atomic mass is 35.5. The smallest absolute Gasteiger partial charge is 0.253 e. The van der Waals surface area contributed by atoms with E-state index < -0.39 is 22.0 Å². The molecule has 0 saturated carbocycles. The van der Waals surface area contributed by atoms with Crippen LogP contribution in [0.3, 0.4) is 0 Å². The Hall–Kier alpha value is -1.000. The molecular formula is C19H27Cl2N3O4S2. The Morgan fingerprint density at radius 1 is 1.27 bits per heavy atom. The van der Waals surface area contributed by atoms with Gasteiger partial charge in [-0.25, -0.2) is 12.7 Å². The van der Waals surface area contributed by atoms with Crippen molar-refractivity contribution in [3.8, 4) is 0 Å². The highest BCUT2D eigenvalue weighted by Gasteiger charge is 2.29. The topological polar surface area (TPSA) is 95.6 Å². The quantitative estimate of drug-likeness (QED) is 0.548. The molecule has 7 nitrogen and oxygen atoms in total. The van der Waals surface area contributed by atoms with Crippen molar-refractivity contribution >= 4 is 56.8 Å². The first kappa shape index (κ1) is 25.3. The van der Waals surface area contributed by atoms with Crippen molar-refractivity contribution < 1.29 is 18.0 Å². The fraction of sp³-hybridized carbons (Fsp3) is 0.579. The summed E-state index contributed by atoms with van der Waals surface area (Å²) in [5, 5.41) is 6.36. The van der Waals surface area contributed by atoms with Gasteiger partial charge in [0, 0.05) is 24.2 Å². The van der Waals surface area contributed by atoms with E-state index in [0.29, 0.717) is 43.1 Å². The van der Waals surface area contributed by atoms with Gasteiger partial charge in [0.15, 0.2) is 0 Å². The number of halogens is 2. The zero-order chi connectivity index (χ0) is 22.3. The SMILES string of the molecule is CCS(=O)(=O)N1CCC(NC(=O)[C@@H](CCSC)NC(=O)c2ccc(Cl)cc2Cl)CC1. The average molecular weight is 496 g/mol. The first-order valence-electron chi connectivity index (χ1n) is 9.71. The van der Waals surface area contributed by atoms with Crippen LogP contribution >= 0.6 is 35.0 Å². The Balaban J connectivity index is 1.99. The number of rotatable bonds is 9. The summed E-state index contributed by atoms with van der Waals surface area (Å²) < 4.78 is 25.4. The molecule has 2 N–H and O–H groups in total. The molecule has 30 heavy (non-hydrogen) atoms. The first-order chi connectivity index (χ1) is 14.2. The van der Waals surface area contributed by atoms with Crippen molar-refractivity contribution in [3.63, 3.8) is 0 Å². The largest absolute Gasteiger partial charge is 0.351 e. The molecule has 1 aliphatic heterocycles. The van der Waals surface area contributed by atoms with Crippen LogP contribution in [0.2, 0.25) is 10.0 Å². The van der Waals surface area contributed by atoms with E-state index in [4.69, 9.17) is 23.2 Å². The molecule has 11 heteroatoms. The van der Waals surface area contributed by atoms with Crippen LogP contribution in [0.1, 0.15) is 36.5 Å². The van der Waals surface area contributed by atoms with E-state index >= 15 is 0 Å². The fourth-order valence-electron chi connectivity index (χ4n) is 3.18. The number of benzene rings is 1. The number of nitrogens with one attached hydrogen (secondary N) is 2. The Labute approximate surface area is 192 Å². The fourth-order valence-corrected chi connectivity index (χ4v) is 5.27. The highest BCUT2D eigenvalue weighted by Crippen LogP contribution is 2.21. The number of sulfonamides is 1. The molecule has 0 unspecified atom stereocenters. The van der Waals surface area contributed by atoms with E-state index in [-0.39, 0.29) is 28.3 Å². The summed E-state index contributed by atoms with van der Waals surface area (Å²) in [4.78, 5) is 25.5. The monoisotopic (exact) mass is 495 g/mol. The molecule has 1 heterocycles. The molecule has 0 aromatic heterocycles. The number of carbonyl (C=O) groups excluding carboxylic acids is 2. The number of hydrogen-bond donors (Lipinski definition) is 2. The number of carbonyl (C=O) groups is 2. The Morgan fingerprint density at radius 2 is 1.93 bits per heavy atom. The maximum atomic E-state index is 12.8. The summed E-state index contributed by atoms with van der Waals surface area (Å²) in [5.41, 5.74) is 0.251. The van der Waals surface area contributed by atoms with Gasteiger partial charge in [-0.2, -0.15) is 11.8 Å². The molecule has 1 aromatic carbocycles. The lowest BCUT2D eigenvalue weighted by Gasteiger charge is -2.32. The van der Waals surface area contributed by atoms with Crippen molar-refractivity contribution in [1.82, 2.24) is 14.9 Å². The molecule has 1 aliphatic rings. The molecule has 0 aliphatic carbocycles. The van der Waals surface area contributed by atoms with Crippen LogP contribution in [0.25, 0.3) is 0 Å². The number of nitrogens with zero attached hydrogens (tertiary/aromatic N) is 1. The van der Waals surface area contributed by atoms with Crippen LogP contribution in [0.15, 0.2) is 18.2 Å². The van der Waals surface area contributed by atoms with Crippen molar-refractivity contribution in [2.75, 3.05) is 30.9 Å². The van der Waals surface area contributed by atoms with Crippen LogP contribution in [0, 0.1) is 0 Å². The van der Waals surface area contributed by atoms with Crippen molar-refractivity contribution in [3.05, 3.63) is 33.8 Å². The van der Waals surface area contributed by atoms with Gasteiger partial charge >= 0.3 is 0 Å². The van der Waals surface area contributed by atoms with E-state index in [0.717, 1.165) is 0 Å². The molecule has 168 valence electrons. The summed E-state index contributed by atoms with van der Waals surface area (Å²) in [7, 11) is -3.22. The third-order valence-corrected chi connectivity index (χ3v) is 8.04. The standard InChI is InChI=1S/C19H27Cl2N3O4S2/c1-3-30(27,28)24-9-6-14(7-10-24)22-19(26)17(8-11-29-2)23-18(25)15-5-4-13(20)12-16(15)21/h4-5,12,14,17H,3,6-11H2,1-2H3,(H,22,26)(H,23,25)/t17-/m1/s1. The highest BCUT2D eigenvalue weighted by molar-refractivity contribution is 7.98. The number of piperidine rings is 1. The summed E-state index contributed by atoms with van der Waals surface area (Å²) >= 11 is 13.6. The van der Waals surface area contributed by atoms with Gasteiger partial charge in [-0.05, 0) is 56.4 Å². The van der Waals surface area contributed by atoms with E-state index in [1.54, 1.807) is 24.8 Å². The van der Waals surface area contributed by atoms with Crippen LogP contribution in [0.4, 0.5) is 0 Å². The minimum atomic E-state index is -3.22. The minimum Gasteiger partial charge on any atom is -0.351 e. The van der Waals surface area contributed by atoms with Crippen LogP contribution in [0.5, 0.6) is 0 Å². The van der Waals surface area contributed by atoms with Crippen LogP contribution in [-0.2, 0) is 14.8 Å².